The van der Waals surface area contributed by atoms with Gasteiger partial charge in [0.2, 0.25) is 0 Å². The van der Waals surface area contributed by atoms with Crippen LogP contribution in [-0.2, 0) is 15.1 Å². The molecule has 3 rings (SSSR count). The van der Waals surface area contributed by atoms with Crippen LogP contribution in [0.2, 0.25) is 0 Å². The van der Waals surface area contributed by atoms with Gasteiger partial charge in [-0.05, 0) is 81.6 Å². The molecule has 0 aromatic heterocycles. The molecule has 0 spiro atoms. The van der Waals surface area contributed by atoms with E-state index in [9.17, 15) is 4.79 Å². The Balaban J connectivity index is 0.000000284. The third kappa shape index (κ3) is 7.06. The summed E-state index contributed by atoms with van der Waals surface area (Å²) in [4.78, 5) is 13.0. The minimum Gasteiger partial charge on any atom is -0.480 e. The molecule has 36 heavy (non-hydrogen) atoms. The van der Waals surface area contributed by atoms with Crippen LogP contribution in [0.5, 0.6) is 0 Å². The number of carbonyl (C=O) groups is 1. The van der Waals surface area contributed by atoms with E-state index in [1.807, 2.05) is 6.26 Å². The van der Waals surface area contributed by atoms with Crippen molar-refractivity contribution < 1.29 is 14.6 Å². The number of ether oxygens (including phenoxy) is 1. The lowest BCUT2D eigenvalue weighted by atomic mass is 9.62. The monoisotopic (exact) mass is 520 g/mol. The van der Waals surface area contributed by atoms with E-state index < -0.39 is 5.97 Å². The van der Waals surface area contributed by atoms with E-state index in [0.717, 1.165) is 37.8 Å². The summed E-state index contributed by atoms with van der Waals surface area (Å²) in [6.07, 6.45) is 9.93. The number of fused-ring (bicyclic) bond motifs is 2. The molecule has 2 bridgehead atoms. The fourth-order valence-electron chi connectivity index (χ4n) is 6.30. The van der Waals surface area contributed by atoms with Crippen molar-refractivity contribution >= 4 is 17.7 Å². The Morgan fingerprint density at radius 3 is 2.42 bits per heavy atom. The molecule has 1 aromatic carbocycles. The van der Waals surface area contributed by atoms with Gasteiger partial charge in [-0.15, -0.1) is 0 Å². The Kier molecular flexibility index (Phi) is 12.3. The lowest BCUT2D eigenvalue weighted by Gasteiger charge is -2.49. The van der Waals surface area contributed by atoms with Gasteiger partial charge in [0.05, 0.1) is 12.2 Å². The van der Waals surface area contributed by atoms with Crippen molar-refractivity contribution in [3.63, 3.8) is 0 Å². The SMILES string of the molecule is CCCCCNC(CCSC)C(=O)O.CN(C)CCO[C@]1(c2ccccc2)C[C@H]2CC[C@]1(C)C2(C)C. The molecule has 6 heteroatoms. The molecule has 1 unspecified atom stereocenters. The summed E-state index contributed by atoms with van der Waals surface area (Å²) in [6.45, 7) is 12.1. The van der Waals surface area contributed by atoms with Gasteiger partial charge in [-0.1, -0.05) is 70.9 Å². The molecule has 2 saturated carbocycles. The largest absolute Gasteiger partial charge is 0.480 e. The van der Waals surface area contributed by atoms with Gasteiger partial charge in [0, 0.05) is 12.0 Å². The number of unbranched alkanes of at least 4 members (excludes halogenated alkanes) is 2. The molecule has 0 amide bonds. The highest BCUT2D eigenvalue weighted by Crippen LogP contribution is 2.73. The highest BCUT2D eigenvalue weighted by molar-refractivity contribution is 7.98. The second-order valence-corrected chi connectivity index (χ2v) is 12.7. The minimum absolute atomic E-state index is 0.114. The van der Waals surface area contributed by atoms with E-state index in [2.05, 4.69) is 82.3 Å². The lowest BCUT2D eigenvalue weighted by Crippen LogP contribution is -2.47. The average Bonchev–Trinajstić information content (AvgIpc) is 3.17. The summed E-state index contributed by atoms with van der Waals surface area (Å²) in [6, 6.07) is 10.6. The summed E-state index contributed by atoms with van der Waals surface area (Å²) >= 11 is 1.69. The van der Waals surface area contributed by atoms with Crippen LogP contribution in [0.3, 0.4) is 0 Å². The molecule has 0 saturated heterocycles. The van der Waals surface area contributed by atoms with Crippen molar-refractivity contribution in [1.82, 2.24) is 10.2 Å². The van der Waals surface area contributed by atoms with Crippen molar-refractivity contribution in [2.24, 2.45) is 16.7 Å². The number of thioether (sulfide) groups is 1. The van der Waals surface area contributed by atoms with Crippen molar-refractivity contribution in [3.05, 3.63) is 35.9 Å². The van der Waals surface area contributed by atoms with Crippen LogP contribution in [0.25, 0.3) is 0 Å². The zero-order valence-electron chi connectivity index (χ0n) is 23.9. The third-order valence-electron chi connectivity index (χ3n) is 9.07. The molecular formula is C30H52N2O3S. The Morgan fingerprint density at radius 2 is 1.92 bits per heavy atom. The summed E-state index contributed by atoms with van der Waals surface area (Å²) in [7, 11) is 4.23. The van der Waals surface area contributed by atoms with Crippen molar-refractivity contribution in [3.8, 4) is 0 Å². The quantitative estimate of drug-likeness (QED) is 0.282. The number of carboxylic acids is 1. The van der Waals surface area contributed by atoms with Crippen molar-refractivity contribution in [2.45, 2.75) is 84.3 Å². The Hall–Kier alpha value is -1.08. The van der Waals surface area contributed by atoms with Crippen molar-refractivity contribution in [1.29, 1.82) is 0 Å². The van der Waals surface area contributed by atoms with Crippen LogP contribution in [0, 0.1) is 16.7 Å². The van der Waals surface area contributed by atoms with E-state index in [1.54, 1.807) is 11.8 Å². The number of hydrogen-bond acceptors (Lipinski definition) is 5. The van der Waals surface area contributed by atoms with Crippen LogP contribution >= 0.6 is 11.8 Å². The van der Waals surface area contributed by atoms with Gasteiger partial charge >= 0.3 is 5.97 Å². The Labute approximate surface area is 225 Å². The van der Waals surface area contributed by atoms with E-state index >= 15 is 0 Å². The highest BCUT2D eigenvalue weighted by atomic mass is 32.2. The first kappa shape index (κ1) is 31.1. The Morgan fingerprint density at radius 1 is 1.22 bits per heavy atom. The molecule has 0 radical (unpaired) electrons. The normalized spacial score (nSPS) is 27.1. The lowest BCUT2D eigenvalue weighted by molar-refractivity contribution is -0.148. The second-order valence-electron chi connectivity index (χ2n) is 11.7. The molecule has 4 atom stereocenters. The van der Waals surface area contributed by atoms with Gasteiger partial charge in [0.15, 0.2) is 0 Å². The molecule has 2 aliphatic rings. The smallest absolute Gasteiger partial charge is 0.320 e. The maximum absolute atomic E-state index is 10.8. The van der Waals surface area contributed by atoms with Crippen LogP contribution in [0.15, 0.2) is 30.3 Å². The summed E-state index contributed by atoms with van der Waals surface area (Å²) in [5.74, 6) is 0.949. The first-order valence-corrected chi connectivity index (χ1v) is 15.2. The first-order valence-electron chi connectivity index (χ1n) is 13.8. The number of nitrogens with zero attached hydrogens (tertiary/aromatic N) is 1. The molecule has 0 aliphatic heterocycles. The number of nitrogens with one attached hydrogen (secondary N) is 1. The minimum atomic E-state index is -0.726. The van der Waals surface area contributed by atoms with Crippen molar-refractivity contribution in [2.75, 3.05) is 45.8 Å². The molecule has 2 aliphatic carbocycles. The summed E-state index contributed by atoms with van der Waals surface area (Å²) in [5, 5.41) is 12.0. The topological polar surface area (TPSA) is 61.8 Å². The second kappa shape index (κ2) is 14.2. The molecule has 0 heterocycles. The van der Waals surface area contributed by atoms with Gasteiger partial charge < -0.3 is 20.1 Å². The van der Waals surface area contributed by atoms with Gasteiger partial charge in [-0.25, -0.2) is 0 Å². The number of aliphatic carboxylic acids is 1. The van der Waals surface area contributed by atoms with Gasteiger partial charge in [0.1, 0.15) is 6.04 Å². The van der Waals surface area contributed by atoms with E-state index in [-0.39, 0.29) is 17.1 Å². The predicted octanol–water partition coefficient (Wildman–Crippen LogP) is 6.28. The first-order chi connectivity index (χ1) is 17.1. The molecule has 2 fully saturated rings. The average molecular weight is 521 g/mol. The Bertz CT molecular complexity index is 788. The van der Waals surface area contributed by atoms with Gasteiger partial charge in [-0.2, -0.15) is 11.8 Å². The van der Waals surface area contributed by atoms with E-state index in [0.29, 0.717) is 11.8 Å². The van der Waals surface area contributed by atoms with Crippen LogP contribution in [0.1, 0.15) is 78.2 Å². The maximum atomic E-state index is 10.8. The predicted molar refractivity (Wildman–Crippen MR) is 154 cm³/mol. The van der Waals surface area contributed by atoms with Gasteiger partial charge in [-0.3, -0.25) is 4.79 Å². The third-order valence-corrected chi connectivity index (χ3v) is 9.71. The summed E-state index contributed by atoms with van der Waals surface area (Å²) in [5.41, 5.74) is 1.84. The maximum Gasteiger partial charge on any atom is 0.320 e. The number of carboxylic acid groups (broad SMARTS) is 1. The van der Waals surface area contributed by atoms with E-state index in [1.165, 1.54) is 37.7 Å². The number of rotatable bonds is 14. The number of likely N-dealkylation sites (N-methyl/N-ethyl adjacent to an activating group) is 1. The van der Waals surface area contributed by atoms with E-state index in [4.69, 9.17) is 9.84 Å². The number of hydrogen-bond donors (Lipinski definition) is 2. The zero-order chi connectivity index (χ0) is 26.8. The van der Waals surface area contributed by atoms with Gasteiger partial charge in [0.25, 0.3) is 0 Å². The zero-order valence-corrected chi connectivity index (χ0v) is 24.8. The molecule has 5 nitrogen and oxygen atoms in total. The standard InChI is InChI=1S/C20H31NO.C10H21NO2S/c1-18(2)17-11-12-19(18,3)20(15-17,22-14-13-21(4)5)16-9-7-6-8-10-16;1-3-4-5-7-11-9(10(12)13)6-8-14-2/h6-10,17H,11-15H2,1-5H3;9,11H,3-8H2,1-2H3,(H,12,13)/t17-,19-,20+;/m1./s1. The van der Waals surface area contributed by atoms with Crippen LogP contribution in [-0.4, -0.2) is 67.8 Å². The summed E-state index contributed by atoms with van der Waals surface area (Å²) < 4.78 is 6.72. The molecule has 2 N–H and O–H groups in total. The molecule has 1 aromatic rings. The fourth-order valence-corrected chi connectivity index (χ4v) is 6.77. The highest BCUT2D eigenvalue weighted by Gasteiger charge is 2.69. The fraction of sp³-hybridized carbons (Fsp3) is 0.767. The molecule has 206 valence electrons. The number of benzene rings is 1. The van der Waals surface area contributed by atoms with Crippen LogP contribution in [0.4, 0.5) is 0 Å². The molecular weight excluding hydrogens is 468 g/mol. The van der Waals surface area contributed by atoms with Crippen LogP contribution < -0.4 is 5.32 Å².